The van der Waals surface area contributed by atoms with Crippen molar-refractivity contribution < 1.29 is 9.59 Å². The van der Waals surface area contributed by atoms with Crippen molar-refractivity contribution in [3.05, 3.63) is 189 Å². The van der Waals surface area contributed by atoms with Gasteiger partial charge in [-0.3, -0.25) is 20.2 Å². The van der Waals surface area contributed by atoms with Crippen LogP contribution in [0.15, 0.2) is 133 Å². The zero-order valence-electron chi connectivity index (χ0n) is 31.9. The third kappa shape index (κ3) is 11.8. The molecule has 0 saturated heterocycles. The largest absolute Gasteiger partial charge is 0.399 e. The molecule has 6 rings (SSSR count). The van der Waals surface area contributed by atoms with Crippen molar-refractivity contribution in [2.24, 2.45) is 0 Å². The fourth-order valence-electron chi connectivity index (χ4n) is 5.96. The van der Waals surface area contributed by atoms with Crippen LogP contribution in [0, 0.1) is 27.7 Å². The Bertz CT molecular complexity index is 2200. The van der Waals surface area contributed by atoms with E-state index >= 15 is 0 Å². The van der Waals surface area contributed by atoms with Gasteiger partial charge in [0.25, 0.3) is 11.8 Å². The molecule has 0 aliphatic carbocycles. The van der Waals surface area contributed by atoms with Gasteiger partial charge in [0.05, 0.1) is 0 Å². The van der Waals surface area contributed by atoms with Crippen LogP contribution >= 0.6 is 24.4 Å². The molecule has 0 atom stereocenters. The molecule has 2 amide bonds. The first-order chi connectivity index (χ1) is 26.8. The van der Waals surface area contributed by atoms with E-state index in [1.54, 1.807) is 48.5 Å². The van der Waals surface area contributed by atoms with Crippen molar-refractivity contribution in [1.82, 2.24) is 10.6 Å². The van der Waals surface area contributed by atoms with Gasteiger partial charge < -0.3 is 22.1 Å². The summed E-state index contributed by atoms with van der Waals surface area (Å²) in [5.41, 5.74) is 25.2. The van der Waals surface area contributed by atoms with Gasteiger partial charge in [0.2, 0.25) is 0 Å². The van der Waals surface area contributed by atoms with E-state index in [0.717, 1.165) is 69.0 Å². The number of hydrogen-bond donors (Lipinski definition) is 6. The van der Waals surface area contributed by atoms with Gasteiger partial charge in [-0.25, -0.2) is 0 Å². The summed E-state index contributed by atoms with van der Waals surface area (Å²) in [4.78, 5) is 24.7. The van der Waals surface area contributed by atoms with Gasteiger partial charge in [-0.1, -0.05) is 84.9 Å². The Balaban J connectivity index is 0.000000293. The number of aryl methyl sites for hydroxylation is 4. The van der Waals surface area contributed by atoms with Gasteiger partial charge in [-0.15, -0.1) is 0 Å². The molecule has 284 valence electrons. The van der Waals surface area contributed by atoms with Crippen molar-refractivity contribution in [2.45, 2.75) is 40.5 Å². The van der Waals surface area contributed by atoms with Gasteiger partial charge >= 0.3 is 0 Å². The van der Waals surface area contributed by atoms with Gasteiger partial charge in [-0.2, -0.15) is 0 Å². The summed E-state index contributed by atoms with van der Waals surface area (Å²) in [5, 5.41) is 12.1. The number of nitrogens with one attached hydrogen (secondary N) is 4. The van der Waals surface area contributed by atoms with E-state index in [9.17, 15) is 9.59 Å². The standard InChI is InChI=1S/C31H28N4O2S2.C15H18N2/c1-20-17-22(13-15-26(20)32-30(38)34-28(36)24-9-5-3-6-10-24)19-23-14-16-27(21(2)18-23)33-31(39)35-29(37)25-11-7-4-8-12-25;1-10-7-12(3-5-14(10)16)9-13-4-6-15(17)11(2)8-13/h3-18H,19H2,1-2H3,(H2,32,34,36,38)(H2,33,35,37,39);3-8H,9,16-17H2,1-2H3. The zero-order chi connectivity index (χ0) is 40.2. The lowest BCUT2D eigenvalue weighted by atomic mass is 10.00. The molecule has 0 aromatic heterocycles. The Kier molecular flexibility index (Phi) is 14.1. The van der Waals surface area contributed by atoms with Crippen LogP contribution in [-0.2, 0) is 12.8 Å². The lowest BCUT2D eigenvalue weighted by Crippen LogP contribution is -2.34. The summed E-state index contributed by atoms with van der Waals surface area (Å²) in [5.74, 6) is -0.509. The molecule has 10 heteroatoms. The van der Waals surface area contributed by atoms with Crippen molar-refractivity contribution in [3.8, 4) is 0 Å². The van der Waals surface area contributed by atoms with E-state index in [0.29, 0.717) is 11.1 Å². The van der Waals surface area contributed by atoms with Gasteiger partial charge in [0.15, 0.2) is 10.2 Å². The quantitative estimate of drug-likeness (QED) is 0.0666. The molecular formula is C46H46N6O2S2. The molecule has 6 aromatic carbocycles. The van der Waals surface area contributed by atoms with E-state index in [1.165, 1.54) is 11.1 Å². The second-order valence-corrected chi connectivity index (χ2v) is 14.4. The molecule has 0 radical (unpaired) electrons. The second-order valence-electron chi connectivity index (χ2n) is 13.6. The number of thiocarbonyl (C=S) groups is 2. The zero-order valence-corrected chi connectivity index (χ0v) is 33.5. The molecule has 8 nitrogen and oxygen atoms in total. The molecule has 0 unspecified atom stereocenters. The van der Waals surface area contributed by atoms with E-state index in [1.807, 2.05) is 76.2 Å². The summed E-state index contributed by atoms with van der Waals surface area (Å²) in [6.45, 7) is 8.06. The van der Waals surface area contributed by atoms with Crippen molar-refractivity contribution in [3.63, 3.8) is 0 Å². The topological polar surface area (TPSA) is 134 Å². The number of nitrogen functional groups attached to an aromatic ring is 2. The van der Waals surface area contributed by atoms with Gasteiger partial charge in [0.1, 0.15) is 0 Å². The highest BCUT2D eigenvalue weighted by atomic mass is 32.1. The highest BCUT2D eigenvalue weighted by Gasteiger charge is 2.11. The Morgan fingerprint density at radius 2 is 0.786 bits per heavy atom. The monoisotopic (exact) mass is 778 g/mol. The predicted molar refractivity (Wildman–Crippen MR) is 239 cm³/mol. The average Bonchev–Trinajstić information content (AvgIpc) is 3.18. The van der Waals surface area contributed by atoms with Crippen molar-refractivity contribution in [2.75, 3.05) is 22.1 Å². The number of amides is 2. The first-order valence-corrected chi connectivity index (χ1v) is 18.9. The number of nitrogens with two attached hydrogens (primary N) is 2. The maximum atomic E-state index is 12.3. The minimum Gasteiger partial charge on any atom is -0.399 e. The summed E-state index contributed by atoms with van der Waals surface area (Å²) in [6, 6.07) is 42.4. The van der Waals surface area contributed by atoms with E-state index in [4.69, 9.17) is 35.9 Å². The molecule has 0 spiro atoms. The number of carbonyl (C=O) groups excluding carboxylic acids is 2. The first-order valence-electron chi connectivity index (χ1n) is 18.1. The molecule has 0 fully saturated rings. The molecule has 0 saturated carbocycles. The molecule has 6 aromatic rings. The Hall–Kier alpha value is -6.36. The third-order valence-electron chi connectivity index (χ3n) is 9.09. The maximum Gasteiger partial charge on any atom is 0.257 e. The van der Waals surface area contributed by atoms with Gasteiger partial charge in [-0.05, 0) is 158 Å². The molecule has 0 aliphatic rings. The first kappa shape index (κ1) is 40.8. The minimum atomic E-state index is -0.255. The number of anilines is 4. The summed E-state index contributed by atoms with van der Waals surface area (Å²) >= 11 is 10.7. The summed E-state index contributed by atoms with van der Waals surface area (Å²) in [6.07, 6.45) is 1.66. The Morgan fingerprint density at radius 1 is 0.464 bits per heavy atom. The number of carbonyl (C=O) groups is 2. The van der Waals surface area contributed by atoms with Crippen LogP contribution in [-0.4, -0.2) is 22.0 Å². The average molecular weight is 779 g/mol. The van der Waals surface area contributed by atoms with E-state index < -0.39 is 0 Å². The smallest absolute Gasteiger partial charge is 0.257 e. The van der Waals surface area contributed by atoms with Crippen LogP contribution in [0.1, 0.15) is 65.2 Å². The van der Waals surface area contributed by atoms with Crippen LogP contribution in [0.2, 0.25) is 0 Å². The van der Waals surface area contributed by atoms with Crippen LogP contribution < -0.4 is 32.7 Å². The molecule has 0 aliphatic heterocycles. The minimum absolute atomic E-state index is 0.247. The van der Waals surface area contributed by atoms with Crippen LogP contribution in [0.5, 0.6) is 0 Å². The Morgan fingerprint density at radius 3 is 1.11 bits per heavy atom. The SMILES string of the molecule is Cc1cc(Cc2ccc(N)c(C)c2)ccc1N.Cc1cc(Cc2ccc(NC(=S)NC(=O)c3ccccc3)c(C)c2)ccc1NC(=S)NC(=O)c1ccccc1. The molecule has 8 N–H and O–H groups in total. The lowest BCUT2D eigenvalue weighted by molar-refractivity contribution is 0.0969. The van der Waals surface area contributed by atoms with Crippen LogP contribution in [0.25, 0.3) is 0 Å². The molecule has 0 heterocycles. The summed E-state index contributed by atoms with van der Waals surface area (Å²) < 4.78 is 0. The van der Waals surface area contributed by atoms with E-state index in [-0.39, 0.29) is 22.0 Å². The maximum absolute atomic E-state index is 12.3. The van der Waals surface area contributed by atoms with Crippen LogP contribution in [0.4, 0.5) is 22.7 Å². The number of hydrogen-bond acceptors (Lipinski definition) is 6. The molecule has 0 bridgehead atoms. The van der Waals surface area contributed by atoms with Crippen LogP contribution in [0.3, 0.4) is 0 Å². The van der Waals surface area contributed by atoms with Gasteiger partial charge in [0, 0.05) is 33.9 Å². The number of rotatable bonds is 8. The summed E-state index contributed by atoms with van der Waals surface area (Å²) in [7, 11) is 0. The fourth-order valence-corrected chi connectivity index (χ4v) is 6.36. The van der Waals surface area contributed by atoms with E-state index in [2.05, 4.69) is 57.7 Å². The Labute approximate surface area is 339 Å². The highest BCUT2D eigenvalue weighted by molar-refractivity contribution is 7.80. The lowest BCUT2D eigenvalue weighted by Gasteiger charge is -2.14. The van der Waals surface area contributed by atoms with Crippen molar-refractivity contribution in [1.29, 1.82) is 0 Å². The molecule has 56 heavy (non-hydrogen) atoms. The third-order valence-corrected chi connectivity index (χ3v) is 9.50. The normalized spacial score (nSPS) is 10.4. The van der Waals surface area contributed by atoms with Crippen molar-refractivity contribution >= 4 is 69.2 Å². The predicted octanol–water partition coefficient (Wildman–Crippen LogP) is 9.21. The number of benzene rings is 6. The highest BCUT2D eigenvalue weighted by Crippen LogP contribution is 2.23. The fraction of sp³-hybridized carbons (Fsp3) is 0.130. The molecular weight excluding hydrogens is 733 g/mol. The second kappa shape index (κ2) is 19.3.